The first kappa shape index (κ1) is 13.6. The Labute approximate surface area is 101 Å². The van der Waals surface area contributed by atoms with Gasteiger partial charge in [-0.3, -0.25) is 4.79 Å². The Bertz CT molecular complexity index is 380. The van der Waals surface area contributed by atoms with Crippen molar-refractivity contribution in [2.75, 3.05) is 18.1 Å². The van der Waals surface area contributed by atoms with Crippen molar-refractivity contribution >= 4 is 12.0 Å². The molecular formula is C13H18FNO2. The fourth-order valence-corrected chi connectivity index (χ4v) is 1.80. The third kappa shape index (κ3) is 3.27. The molecule has 4 heteroatoms. The number of nitrogens with zero attached hydrogens (tertiary/aromatic N) is 1. The summed E-state index contributed by atoms with van der Waals surface area (Å²) < 4.78 is 13.8. The molecule has 0 heterocycles. The van der Waals surface area contributed by atoms with Crippen LogP contribution < -0.4 is 4.90 Å². The SMILES string of the molecule is CC(C)N(CCCO)c1c(F)cccc1C=O. The van der Waals surface area contributed by atoms with E-state index < -0.39 is 5.82 Å². The van der Waals surface area contributed by atoms with Crippen LogP contribution in [0.5, 0.6) is 0 Å². The lowest BCUT2D eigenvalue weighted by Crippen LogP contribution is -2.33. The van der Waals surface area contributed by atoms with Crippen LogP contribution in [0.3, 0.4) is 0 Å². The van der Waals surface area contributed by atoms with Crippen molar-refractivity contribution < 1.29 is 14.3 Å². The molecule has 0 bridgehead atoms. The molecule has 0 aromatic heterocycles. The second kappa shape index (κ2) is 6.35. The van der Waals surface area contributed by atoms with E-state index >= 15 is 0 Å². The maximum Gasteiger partial charge on any atom is 0.152 e. The lowest BCUT2D eigenvalue weighted by Gasteiger charge is -2.30. The van der Waals surface area contributed by atoms with Gasteiger partial charge in [-0.1, -0.05) is 6.07 Å². The number of aldehydes is 1. The number of aliphatic hydroxyl groups is 1. The van der Waals surface area contributed by atoms with Crippen LogP contribution in [-0.4, -0.2) is 30.6 Å². The van der Waals surface area contributed by atoms with Gasteiger partial charge in [0.15, 0.2) is 6.29 Å². The van der Waals surface area contributed by atoms with Crippen LogP contribution in [-0.2, 0) is 0 Å². The van der Waals surface area contributed by atoms with Gasteiger partial charge in [0.25, 0.3) is 0 Å². The van der Waals surface area contributed by atoms with Crippen LogP contribution >= 0.6 is 0 Å². The lowest BCUT2D eigenvalue weighted by molar-refractivity contribution is 0.112. The van der Waals surface area contributed by atoms with E-state index in [4.69, 9.17) is 5.11 Å². The zero-order valence-corrected chi connectivity index (χ0v) is 10.2. The summed E-state index contributed by atoms with van der Waals surface area (Å²) in [5.74, 6) is -0.402. The summed E-state index contributed by atoms with van der Waals surface area (Å²) in [6.45, 7) is 4.43. The van der Waals surface area contributed by atoms with Gasteiger partial charge >= 0.3 is 0 Å². The van der Waals surface area contributed by atoms with E-state index in [1.54, 1.807) is 11.0 Å². The summed E-state index contributed by atoms with van der Waals surface area (Å²) in [7, 11) is 0. The standard InChI is InChI=1S/C13H18FNO2/c1-10(2)15(7-4-8-16)13-11(9-17)5-3-6-12(13)14/h3,5-6,9-10,16H,4,7-8H2,1-2H3. The zero-order chi connectivity index (χ0) is 12.8. The van der Waals surface area contributed by atoms with Crippen molar-refractivity contribution in [3.8, 4) is 0 Å². The van der Waals surface area contributed by atoms with Gasteiger partial charge in [0, 0.05) is 24.8 Å². The van der Waals surface area contributed by atoms with Gasteiger partial charge in [0.2, 0.25) is 0 Å². The number of aliphatic hydroxyl groups excluding tert-OH is 1. The van der Waals surface area contributed by atoms with Crippen LogP contribution in [0.4, 0.5) is 10.1 Å². The molecule has 1 aromatic carbocycles. The number of halogens is 1. The molecule has 1 N–H and O–H groups in total. The molecule has 0 spiro atoms. The van der Waals surface area contributed by atoms with Crippen molar-refractivity contribution in [1.29, 1.82) is 0 Å². The van der Waals surface area contributed by atoms with Crippen LogP contribution in [0.25, 0.3) is 0 Å². The molecule has 0 saturated heterocycles. The van der Waals surface area contributed by atoms with Crippen molar-refractivity contribution in [2.45, 2.75) is 26.3 Å². The van der Waals surface area contributed by atoms with Gasteiger partial charge < -0.3 is 10.0 Å². The number of hydrogen-bond donors (Lipinski definition) is 1. The summed E-state index contributed by atoms with van der Waals surface area (Å²) in [6, 6.07) is 4.53. The van der Waals surface area contributed by atoms with Crippen LogP contribution in [0.1, 0.15) is 30.6 Å². The molecule has 0 aliphatic heterocycles. The molecule has 17 heavy (non-hydrogen) atoms. The molecule has 94 valence electrons. The van der Waals surface area contributed by atoms with E-state index in [0.717, 1.165) is 0 Å². The van der Waals surface area contributed by atoms with E-state index in [9.17, 15) is 9.18 Å². The molecule has 0 unspecified atom stereocenters. The monoisotopic (exact) mass is 239 g/mol. The molecule has 0 aliphatic rings. The molecular weight excluding hydrogens is 221 g/mol. The van der Waals surface area contributed by atoms with Gasteiger partial charge in [0.05, 0.1) is 5.69 Å². The third-order valence-electron chi connectivity index (χ3n) is 2.61. The molecule has 1 aromatic rings. The summed E-state index contributed by atoms with van der Waals surface area (Å²) in [5.41, 5.74) is 0.669. The molecule has 1 rings (SSSR count). The minimum Gasteiger partial charge on any atom is -0.396 e. The van der Waals surface area contributed by atoms with E-state index in [0.29, 0.717) is 30.5 Å². The Hall–Kier alpha value is -1.42. The number of para-hydroxylation sites is 1. The Morgan fingerprint density at radius 2 is 2.18 bits per heavy atom. The fraction of sp³-hybridized carbons (Fsp3) is 0.462. The van der Waals surface area contributed by atoms with Crippen LogP contribution in [0, 0.1) is 5.82 Å². The molecule has 0 radical (unpaired) electrons. The highest BCUT2D eigenvalue weighted by molar-refractivity contribution is 5.84. The largest absolute Gasteiger partial charge is 0.396 e. The van der Waals surface area contributed by atoms with Crippen molar-refractivity contribution in [1.82, 2.24) is 0 Å². The normalized spacial score (nSPS) is 10.6. The first-order chi connectivity index (χ1) is 8.11. The summed E-state index contributed by atoms with van der Waals surface area (Å²) in [4.78, 5) is 12.7. The highest BCUT2D eigenvalue weighted by atomic mass is 19.1. The van der Waals surface area contributed by atoms with E-state index in [1.807, 2.05) is 13.8 Å². The molecule has 0 aliphatic carbocycles. The van der Waals surface area contributed by atoms with E-state index in [2.05, 4.69) is 0 Å². The average molecular weight is 239 g/mol. The van der Waals surface area contributed by atoms with Gasteiger partial charge in [-0.2, -0.15) is 0 Å². The van der Waals surface area contributed by atoms with Crippen LogP contribution in [0.15, 0.2) is 18.2 Å². The number of benzene rings is 1. The first-order valence-electron chi connectivity index (χ1n) is 5.73. The molecule has 0 atom stereocenters. The maximum atomic E-state index is 13.8. The Morgan fingerprint density at radius 1 is 1.47 bits per heavy atom. The Morgan fingerprint density at radius 3 is 2.71 bits per heavy atom. The Kier molecular flexibility index (Phi) is 5.10. The van der Waals surface area contributed by atoms with Gasteiger partial charge in [-0.05, 0) is 32.4 Å². The van der Waals surface area contributed by atoms with Gasteiger partial charge in [-0.15, -0.1) is 0 Å². The highest BCUT2D eigenvalue weighted by Gasteiger charge is 2.17. The number of carbonyl (C=O) groups excluding carboxylic acids is 1. The van der Waals surface area contributed by atoms with Gasteiger partial charge in [-0.25, -0.2) is 4.39 Å². The molecule has 0 amide bonds. The number of carbonyl (C=O) groups is 1. The number of rotatable bonds is 6. The molecule has 0 fully saturated rings. The fourth-order valence-electron chi connectivity index (χ4n) is 1.80. The smallest absolute Gasteiger partial charge is 0.152 e. The molecule has 0 saturated carbocycles. The maximum absolute atomic E-state index is 13.8. The number of anilines is 1. The lowest BCUT2D eigenvalue weighted by atomic mass is 10.1. The molecule has 3 nitrogen and oxygen atoms in total. The van der Waals surface area contributed by atoms with E-state index in [1.165, 1.54) is 12.1 Å². The summed E-state index contributed by atoms with van der Waals surface area (Å²) in [6.07, 6.45) is 1.21. The Balaban J connectivity index is 3.12. The highest BCUT2D eigenvalue weighted by Crippen LogP contribution is 2.25. The second-order valence-corrected chi connectivity index (χ2v) is 4.16. The summed E-state index contributed by atoms with van der Waals surface area (Å²) >= 11 is 0. The zero-order valence-electron chi connectivity index (χ0n) is 10.2. The first-order valence-corrected chi connectivity index (χ1v) is 5.73. The second-order valence-electron chi connectivity index (χ2n) is 4.16. The minimum absolute atomic E-state index is 0.0497. The van der Waals surface area contributed by atoms with Gasteiger partial charge in [0.1, 0.15) is 5.82 Å². The van der Waals surface area contributed by atoms with Crippen molar-refractivity contribution in [3.05, 3.63) is 29.6 Å². The predicted molar refractivity (Wildman–Crippen MR) is 66.0 cm³/mol. The average Bonchev–Trinajstić information content (AvgIpc) is 2.30. The van der Waals surface area contributed by atoms with Crippen molar-refractivity contribution in [2.24, 2.45) is 0 Å². The topological polar surface area (TPSA) is 40.5 Å². The predicted octanol–water partition coefficient (Wildman–Crippen LogP) is 2.24. The summed E-state index contributed by atoms with van der Waals surface area (Å²) in [5, 5.41) is 8.85. The quantitative estimate of drug-likeness (QED) is 0.774. The van der Waals surface area contributed by atoms with Crippen LogP contribution in [0.2, 0.25) is 0 Å². The number of hydrogen-bond acceptors (Lipinski definition) is 3. The minimum atomic E-state index is -0.402. The van der Waals surface area contributed by atoms with Crippen molar-refractivity contribution in [3.63, 3.8) is 0 Å². The third-order valence-corrected chi connectivity index (χ3v) is 2.61. The van der Waals surface area contributed by atoms with E-state index in [-0.39, 0.29) is 12.6 Å².